The number of nitro groups is 1. The van der Waals surface area contributed by atoms with Gasteiger partial charge in [-0.15, -0.1) is 0 Å². The van der Waals surface area contributed by atoms with Crippen LogP contribution in [0.5, 0.6) is 0 Å². The lowest BCUT2D eigenvalue weighted by Gasteiger charge is -2.35. The maximum Gasteiger partial charge on any atom is 0.338 e. The Hall–Kier alpha value is -3.36. The molecule has 0 aliphatic carbocycles. The van der Waals surface area contributed by atoms with E-state index in [2.05, 4.69) is 0 Å². The number of aromatic carboxylic acids is 1. The Balaban J connectivity index is 1.65. The topological polar surface area (TPSA) is 117 Å². The number of rotatable bonds is 4. The number of nitro benzene ring substituents is 1. The molecule has 9 nitrogen and oxygen atoms in total. The van der Waals surface area contributed by atoms with E-state index in [0.29, 0.717) is 26.2 Å². The second-order valence-electron chi connectivity index (χ2n) is 5.56. The molecule has 0 radical (unpaired) electrons. The predicted octanol–water partition coefficient (Wildman–Crippen LogP) is 1.85. The molecule has 2 aromatic rings. The van der Waals surface area contributed by atoms with E-state index in [4.69, 9.17) is 9.52 Å². The lowest BCUT2D eigenvalue weighted by molar-refractivity contribution is -0.384. The van der Waals surface area contributed by atoms with Gasteiger partial charge in [-0.3, -0.25) is 14.9 Å². The smallest absolute Gasteiger partial charge is 0.338 e. The molecule has 0 atom stereocenters. The van der Waals surface area contributed by atoms with E-state index in [1.54, 1.807) is 17.0 Å². The molecule has 1 aromatic carbocycles. The summed E-state index contributed by atoms with van der Waals surface area (Å²) in [6, 6.07) is 7.55. The van der Waals surface area contributed by atoms with Crippen LogP contribution in [0.3, 0.4) is 0 Å². The Morgan fingerprint density at radius 3 is 2.48 bits per heavy atom. The fourth-order valence-corrected chi connectivity index (χ4v) is 2.69. The Kier molecular flexibility index (Phi) is 4.38. The molecule has 0 spiro atoms. The highest BCUT2D eigenvalue weighted by atomic mass is 16.6. The van der Waals surface area contributed by atoms with Gasteiger partial charge in [0.2, 0.25) is 0 Å². The number of carbonyl (C=O) groups excluding carboxylic acids is 1. The van der Waals surface area contributed by atoms with Crippen LogP contribution in [-0.2, 0) is 0 Å². The molecule has 1 aliphatic heterocycles. The number of hydrogen-bond donors (Lipinski definition) is 1. The van der Waals surface area contributed by atoms with Gasteiger partial charge in [-0.2, -0.15) is 0 Å². The summed E-state index contributed by atoms with van der Waals surface area (Å²) < 4.78 is 5.03. The molecule has 25 heavy (non-hydrogen) atoms. The number of carboxylic acids is 1. The largest absolute Gasteiger partial charge is 0.478 e. The van der Waals surface area contributed by atoms with Gasteiger partial charge in [-0.05, 0) is 6.07 Å². The molecule has 130 valence electrons. The van der Waals surface area contributed by atoms with Crippen molar-refractivity contribution in [2.24, 2.45) is 0 Å². The second kappa shape index (κ2) is 6.63. The molecule has 1 aromatic heterocycles. The third kappa shape index (κ3) is 3.44. The number of anilines is 1. The van der Waals surface area contributed by atoms with E-state index in [-0.39, 0.29) is 22.9 Å². The fourth-order valence-electron chi connectivity index (χ4n) is 2.69. The molecule has 9 heteroatoms. The number of carbonyl (C=O) groups is 2. The van der Waals surface area contributed by atoms with Crippen molar-refractivity contribution in [2.45, 2.75) is 0 Å². The number of hydrogen-bond acceptors (Lipinski definition) is 6. The van der Waals surface area contributed by atoms with E-state index in [1.807, 2.05) is 4.90 Å². The van der Waals surface area contributed by atoms with Crippen molar-refractivity contribution in [1.29, 1.82) is 0 Å². The lowest BCUT2D eigenvalue weighted by Crippen LogP contribution is -2.48. The molecule has 1 N–H and O–H groups in total. The van der Waals surface area contributed by atoms with Crippen LogP contribution in [0.2, 0.25) is 0 Å². The van der Waals surface area contributed by atoms with E-state index in [1.165, 1.54) is 18.2 Å². The van der Waals surface area contributed by atoms with Gasteiger partial charge in [0.05, 0.1) is 10.5 Å². The normalized spacial score (nSPS) is 14.4. The number of piperazine rings is 1. The zero-order chi connectivity index (χ0) is 18.0. The highest BCUT2D eigenvalue weighted by Gasteiger charge is 2.25. The Labute approximate surface area is 142 Å². The molecule has 2 heterocycles. The van der Waals surface area contributed by atoms with Crippen molar-refractivity contribution in [3.05, 3.63) is 58.0 Å². The summed E-state index contributed by atoms with van der Waals surface area (Å²) in [7, 11) is 0. The first kappa shape index (κ1) is 16.5. The SMILES string of the molecule is O=C(O)c1coc(C(=O)N2CCN(c3cccc([N+](=O)[O-])c3)CC2)c1. The minimum atomic E-state index is -1.15. The zero-order valence-electron chi connectivity index (χ0n) is 13.1. The third-order valence-corrected chi connectivity index (χ3v) is 4.03. The number of benzene rings is 1. The van der Waals surface area contributed by atoms with E-state index in [9.17, 15) is 19.7 Å². The Morgan fingerprint density at radius 1 is 1.16 bits per heavy atom. The zero-order valence-corrected chi connectivity index (χ0v) is 13.1. The van der Waals surface area contributed by atoms with Crippen LogP contribution in [0.25, 0.3) is 0 Å². The van der Waals surface area contributed by atoms with Crippen LogP contribution in [0.4, 0.5) is 11.4 Å². The number of non-ortho nitro benzene ring substituents is 1. The van der Waals surface area contributed by atoms with Crippen molar-refractivity contribution in [2.75, 3.05) is 31.1 Å². The molecule has 3 rings (SSSR count). The number of nitrogens with zero attached hydrogens (tertiary/aromatic N) is 3. The summed E-state index contributed by atoms with van der Waals surface area (Å²) in [6.07, 6.45) is 1.04. The van der Waals surface area contributed by atoms with Gasteiger partial charge in [0, 0.05) is 50.1 Å². The number of furan rings is 1. The molecular weight excluding hydrogens is 330 g/mol. The van der Waals surface area contributed by atoms with E-state index >= 15 is 0 Å². The van der Waals surface area contributed by atoms with Gasteiger partial charge in [-0.25, -0.2) is 4.79 Å². The maximum atomic E-state index is 12.4. The van der Waals surface area contributed by atoms with Crippen molar-refractivity contribution < 1.29 is 24.0 Å². The molecule has 0 unspecified atom stereocenters. The summed E-state index contributed by atoms with van der Waals surface area (Å²) in [6.45, 7) is 1.84. The van der Waals surface area contributed by atoms with Crippen LogP contribution in [0, 0.1) is 10.1 Å². The summed E-state index contributed by atoms with van der Waals surface area (Å²) in [5.41, 5.74) is 0.679. The van der Waals surface area contributed by atoms with Crippen molar-refractivity contribution >= 4 is 23.3 Å². The quantitative estimate of drug-likeness (QED) is 0.663. The van der Waals surface area contributed by atoms with Crippen LogP contribution < -0.4 is 4.90 Å². The van der Waals surface area contributed by atoms with Gasteiger partial charge in [0.1, 0.15) is 6.26 Å². The molecule has 1 fully saturated rings. The molecule has 0 saturated carbocycles. The van der Waals surface area contributed by atoms with Crippen molar-refractivity contribution in [3.63, 3.8) is 0 Å². The van der Waals surface area contributed by atoms with Gasteiger partial charge >= 0.3 is 5.97 Å². The first-order valence-corrected chi connectivity index (χ1v) is 7.56. The summed E-state index contributed by atoms with van der Waals surface area (Å²) >= 11 is 0. The third-order valence-electron chi connectivity index (χ3n) is 4.03. The van der Waals surface area contributed by atoms with Crippen LogP contribution in [0.15, 0.2) is 41.0 Å². The first-order chi connectivity index (χ1) is 12.0. The van der Waals surface area contributed by atoms with E-state index in [0.717, 1.165) is 12.0 Å². The first-order valence-electron chi connectivity index (χ1n) is 7.56. The minimum Gasteiger partial charge on any atom is -0.478 e. The van der Waals surface area contributed by atoms with Crippen LogP contribution in [-0.4, -0.2) is 53.0 Å². The highest BCUT2D eigenvalue weighted by Crippen LogP contribution is 2.22. The number of carboxylic acid groups (broad SMARTS) is 1. The monoisotopic (exact) mass is 345 g/mol. The molecule has 0 bridgehead atoms. The van der Waals surface area contributed by atoms with Crippen LogP contribution in [0.1, 0.15) is 20.9 Å². The summed E-state index contributed by atoms with van der Waals surface area (Å²) in [4.78, 5) is 37.2. The molecule has 1 saturated heterocycles. The molecular formula is C16H15N3O6. The predicted molar refractivity (Wildman–Crippen MR) is 86.9 cm³/mol. The Morgan fingerprint density at radius 2 is 1.88 bits per heavy atom. The fraction of sp³-hybridized carbons (Fsp3) is 0.250. The van der Waals surface area contributed by atoms with Gasteiger partial charge in [0.25, 0.3) is 11.6 Å². The van der Waals surface area contributed by atoms with Crippen LogP contribution >= 0.6 is 0 Å². The summed E-state index contributed by atoms with van der Waals surface area (Å²) in [5.74, 6) is -1.54. The van der Waals surface area contributed by atoms with Gasteiger partial charge in [-0.1, -0.05) is 6.07 Å². The number of amides is 1. The minimum absolute atomic E-state index is 0.0128. The highest BCUT2D eigenvalue weighted by molar-refractivity contribution is 5.95. The van der Waals surface area contributed by atoms with Gasteiger partial charge < -0.3 is 19.3 Å². The molecule has 1 aliphatic rings. The standard InChI is InChI=1S/C16H15N3O6/c20-15(14-8-11(10-25-14)16(21)22)18-6-4-17(5-7-18)12-2-1-3-13(9-12)19(23)24/h1-3,8-10H,4-7H2,(H,21,22). The second-order valence-corrected chi connectivity index (χ2v) is 5.56. The maximum absolute atomic E-state index is 12.4. The van der Waals surface area contributed by atoms with E-state index < -0.39 is 10.9 Å². The van der Waals surface area contributed by atoms with Gasteiger partial charge in [0.15, 0.2) is 5.76 Å². The molecule has 1 amide bonds. The van der Waals surface area contributed by atoms with Crippen molar-refractivity contribution in [1.82, 2.24) is 4.90 Å². The average Bonchev–Trinajstić information content (AvgIpc) is 3.12. The average molecular weight is 345 g/mol. The van der Waals surface area contributed by atoms with Crippen molar-refractivity contribution in [3.8, 4) is 0 Å². The Bertz CT molecular complexity index is 823. The summed E-state index contributed by atoms with van der Waals surface area (Å²) in [5, 5.41) is 19.7. The lowest BCUT2D eigenvalue weighted by atomic mass is 10.2.